The summed E-state index contributed by atoms with van der Waals surface area (Å²) in [6.45, 7) is 3.29. The molecule has 1 N–H and O–H groups in total. The summed E-state index contributed by atoms with van der Waals surface area (Å²) in [6.07, 6.45) is 4.82. The molecule has 1 saturated carbocycles. The van der Waals surface area contributed by atoms with Crippen molar-refractivity contribution in [3.8, 4) is 5.75 Å². The van der Waals surface area contributed by atoms with Crippen LogP contribution >= 0.6 is 0 Å². The molecule has 0 radical (unpaired) electrons. The van der Waals surface area contributed by atoms with Crippen molar-refractivity contribution in [2.75, 3.05) is 20.7 Å². The van der Waals surface area contributed by atoms with Crippen LogP contribution in [0.1, 0.15) is 38.2 Å². The minimum Gasteiger partial charge on any atom is -0.494 e. The Morgan fingerprint density at radius 2 is 2.09 bits per heavy atom. The number of carbonyl (C=O) groups is 1. The fourth-order valence-corrected chi connectivity index (χ4v) is 2.98. The van der Waals surface area contributed by atoms with Crippen LogP contribution in [0.3, 0.4) is 0 Å². The first-order chi connectivity index (χ1) is 10.4. The SMILES string of the molecule is COc1ccc(CN(C)C(=O)NCC2(C)CCCC2)cc1F. The zero-order valence-corrected chi connectivity index (χ0v) is 13.6. The maximum absolute atomic E-state index is 13.7. The van der Waals surface area contributed by atoms with Gasteiger partial charge in [0.05, 0.1) is 7.11 Å². The molecule has 5 heteroatoms. The molecule has 0 heterocycles. The topological polar surface area (TPSA) is 41.6 Å². The lowest BCUT2D eigenvalue weighted by Gasteiger charge is -2.26. The Morgan fingerprint density at radius 1 is 1.41 bits per heavy atom. The molecule has 122 valence electrons. The molecular formula is C17H25FN2O2. The molecule has 0 aromatic heterocycles. The van der Waals surface area contributed by atoms with Crippen LogP contribution in [0.2, 0.25) is 0 Å². The largest absolute Gasteiger partial charge is 0.494 e. The molecule has 0 unspecified atom stereocenters. The van der Waals surface area contributed by atoms with Gasteiger partial charge >= 0.3 is 6.03 Å². The summed E-state index contributed by atoms with van der Waals surface area (Å²) in [5.74, 6) is -0.197. The average Bonchev–Trinajstić information content (AvgIpc) is 2.92. The van der Waals surface area contributed by atoms with Crippen LogP contribution < -0.4 is 10.1 Å². The van der Waals surface area contributed by atoms with Crippen molar-refractivity contribution in [3.63, 3.8) is 0 Å². The van der Waals surface area contributed by atoms with E-state index >= 15 is 0 Å². The van der Waals surface area contributed by atoms with E-state index in [0.29, 0.717) is 13.1 Å². The maximum atomic E-state index is 13.7. The van der Waals surface area contributed by atoms with Crippen LogP contribution in [0, 0.1) is 11.2 Å². The van der Waals surface area contributed by atoms with E-state index in [0.717, 1.165) is 5.56 Å². The van der Waals surface area contributed by atoms with Crippen LogP contribution in [0.5, 0.6) is 5.75 Å². The van der Waals surface area contributed by atoms with Crippen LogP contribution in [-0.2, 0) is 6.54 Å². The second kappa shape index (κ2) is 6.99. The number of halogens is 1. The minimum atomic E-state index is -0.410. The number of nitrogens with zero attached hydrogens (tertiary/aromatic N) is 1. The van der Waals surface area contributed by atoms with Crippen LogP contribution in [0.15, 0.2) is 18.2 Å². The molecule has 1 aromatic rings. The predicted molar refractivity (Wildman–Crippen MR) is 84.4 cm³/mol. The Kier molecular flexibility index (Phi) is 5.27. The van der Waals surface area contributed by atoms with Gasteiger partial charge in [-0.15, -0.1) is 0 Å². The lowest BCUT2D eigenvalue weighted by atomic mass is 9.89. The summed E-state index contributed by atoms with van der Waals surface area (Å²) in [6, 6.07) is 4.63. The van der Waals surface area contributed by atoms with E-state index in [9.17, 15) is 9.18 Å². The van der Waals surface area contributed by atoms with Crippen molar-refractivity contribution in [1.82, 2.24) is 10.2 Å². The molecule has 1 aromatic carbocycles. The number of hydrogen-bond acceptors (Lipinski definition) is 2. The number of amides is 2. The van der Waals surface area contributed by atoms with Crippen molar-refractivity contribution >= 4 is 6.03 Å². The summed E-state index contributed by atoms with van der Waals surface area (Å²) in [5.41, 5.74) is 0.964. The molecular weight excluding hydrogens is 283 g/mol. The molecule has 4 nitrogen and oxygen atoms in total. The first kappa shape index (κ1) is 16.6. The van der Waals surface area contributed by atoms with E-state index in [1.54, 1.807) is 24.1 Å². The van der Waals surface area contributed by atoms with Crippen molar-refractivity contribution in [2.45, 2.75) is 39.2 Å². The number of carbonyl (C=O) groups excluding carboxylic acids is 1. The van der Waals surface area contributed by atoms with Crippen molar-refractivity contribution in [3.05, 3.63) is 29.6 Å². The predicted octanol–water partition coefficient (Wildman–Crippen LogP) is 3.56. The summed E-state index contributed by atoms with van der Waals surface area (Å²) in [7, 11) is 3.15. The monoisotopic (exact) mass is 308 g/mol. The minimum absolute atomic E-state index is 0.121. The molecule has 0 atom stereocenters. The quantitative estimate of drug-likeness (QED) is 0.903. The van der Waals surface area contributed by atoms with E-state index < -0.39 is 5.82 Å². The Balaban J connectivity index is 1.87. The summed E-state index contributed by atoms with van der Waals surface area (Å²) in [5, 5.41) is 2.99. The molecule has 1 aliphatic carbocycles. The van der Waals surface area contributed by atoms with Gasteiger partial charge in [-0.25, -0.2) is 9.18 Å². The highest BCUT2D eigenvalue weighted by Crippen LogP contribution is 2.36. The zero-order chi connectivity index (χ0) is 16.2. The molecule has 1 aliphatic rings. The molecule has 0 bridgehead atoms. The number of rotatable bonds is 5. The van der Waals surface area contributed by atoms with E-state index in [4.69, 9.17) is 4.74 Å². The third-order valence-electron chi connectivity index (χ3n) is 4.46. The van der Waals surface area contributed by atoms with Crippen molar-refractivity contribution in [2.24, 2.45) is 5.41 Å². The van der Waals surface area contributed by atoms with Gasteiger partial charge in [0, 0.05) is 20.1 Å². The van der Waals surface area contributed by atoms with E-state index in [2.05, 4.69) is 12.2 Å². The highest BCUT2D eigenvalue weighted by atomic mass is 19.1. The average molecular weight is 308 g/mol. The van der Waals surface area contributed by atoms with Gasteiger partial charge in [0.25, 0.3) is 0 Å². The van der Waals surface area contributed by atoms with Gasteiger partial charge in [-0.3, -0.25) is 0 Å². The number of urea groups is 1. The Morgan fingerprint density at radius 3 is 2.68 bits per heavy atom. The number of benzene rings is 1. The van der Waals surface area contributed by atoms with E-state index in [1.165, 1.54) is 38.9 Å². The smallest absolute Gasteiger partial charge is 0.317 e. The Bertz CT molecular complexity index is 527. The van der Waals surface area contributed by atoms with Gasteiger partial charge in [-0.1, -0.05) is 25.8 Å². The molecule has 0 saturated heterocycles. The summed E-state index contributed by atoms with van der Waals surface area (Å²) < 4.78 is 18.6. The van der Waals surface area contributed by atoms with Gasteiger partial charge in [0.15, 0.2) is 11.6 Å². The number of hydrogen-bond donors (Lipinski definition) is 1. The van der Waals surface area contributed by atoms with Crippen molar-refractivity contribution in [1.29, 1.82) is 0 Å². The van der Waals surface area contributed by atoms with Crippen LogP contribution in [0.25, 0.3) is 0 Å². The lowest BCUT2D eigenvalue weighted by Crippen LogP contribution is -2.41. The second-order valence-electron chi connectivity index (χ2n) is 6.50. The first-order valence-electron chi connectivity index (χ1n) is 7.75. The van der Waals surface area contributed by atoms with Gasteiger partial charge in [-0.05, 0) is 36.0 Å². The third kappa shape index (κ3) is 4.12. The van der Waals surface area contributed by atoms with Gasteiger partial charge in [-0.2, -0.15) is 0 Å². The number of nitrogens with one attached hydrogen (secondary N) is 1. The standard InChI is InChI=1S/C17H25FN2O2/c1-17(8-4-5-9-17)12-19-16(21)20(2)11-13-6-7-15(22-3)14(18)10-13/h6-7,10H,4-5,8-9,11-12H2,1-3H3,(H,19,21). The molecule has 1 fully saturated rings. The Hall–Kier alpha value is -1.78. The number of ether oxygens (including phenoxy) is 1. The van der Waals surface area contributed by atoms with E-state index in [1.807, 2.05) is 0 Å². The summed E-state index contributed by atoms with van der Waals surface area (Å²) >= 11 is 0. The van der Waals surface area contributed by atoms with E-state index in [-0.39, 0.29) is 17.2 Å². The maximum Gasteiger partial charge on any atom is 0.317 e. The number of methoxy groups -OCH3 is 1. The normalized spacial score (nSPS) is 16.4. The third-order valence-corrected chi connectivity index (χ3v) is 4.46. The van der Waals surface area contributed by atoms with Crippen molar-refractivity contribution < 1.29 is 13.9 Å². The highest BCUT2D eigenvalue weighted by molar-refractivity contribution is 5.73. The Labute approximate surface area is 131 Å². The van der Waals surface area contributed by atoms with Gasteiger partial charge in [0.1, 0.15) is 0 Å². The van der Waals surface area contributed by atoms with Crippen LogP contribution in [0.4, 0.5) is 9.18 Å². The van der Waals surface area contributed by atoms with Crippen LogP contribution in [-0.4, -0.2) is 31.6 Å². The molecule has 22 heavy (non-hydrogen) atoms. The molecule has 0 aliphatic heterocycles. The molecule has 0 spiro atoms. The zero-order valence-electron chi connectivity index (χ0n) is 13.6. The fraction of sp³-hybridized carbons (Fsp3) is 0.588. The lowest BCUT2D eigenvalue weighted by molar-refractivity contribution is 0.199. The highest BCUT2D eigenvalue weighted by Gasteiger charge is 2.29. The van der Waals surface area contributed by atoms with Gasteiger partial charge in [0.2, 0.25) is 0 Å². The summed E-state index contributed by atoms with van der Waals surface area (Å²) in [4.78, 5) is 13.7. The fourth-order valence-electron chi connectivity index (χ4n) is 2.98. The molecule has 2 amide bonds. The first-order valence-corrected chi connectivity index (χ1v) is 7.75. The molecule has 2 rings (SSSR count). The second-order valence-corrected chi connectivity index (χ2v) is 6.50. The van der Waals surface area contributed by atoms with Gasteiger partial charge < -0.3 is 15.0 Å².